The normalized spacial score (nSPS) is 14.8. The first-order chi connectivity index (χ1) is 12.6. The minimum Gasteiger partial charge on any atom is -0.361 e. The van der Waals surface area contributed by atoms with Crippen molar-refractivity contribution in [3.8, 4) is 0 Å². The van der Waals surface area contributed by atoms with Gasteiger partial charge in [0.15, 0.2) is 11.5 Å². The standard InChI is InChI=1S/C19H26N6O2/c1-19(2,3)15-7-9-17(26)25(22-15)12-13-10-24(11-13)18(27)14-6-8-16(21-20-14)23(4)5/h6-9,13H,10-12H2,1-5H3. The Balaban J connectivity index is 1.61. The van der Waals surface area contributed by atoms with Crippen LogP contribution in [0.2, 0.25) is 0 Å². The molecule has 1 fully saturated rings. The molecule has 1 aliphatic heterocycles. The van der Waals surface area contributed by atoms with Crippen LogP contribution in [0, 0.1) is 5.92 Å². The molecule has 0 unspecified atom stereocenters. The van der Waals surface area contributed by atoms with Crippen molar-refractivity contribution in [1.29, 1.82) is 0 Å². The molecule has 8 heteroatoms. The van der Waals surface area contributed by atoms with E-state index >= 15 is 0 Å². The van der Waals surface area contributed by atoms with Crippen molar-refractivity contribution in [2.75, 3.05) is 32.1 Å². The van der Waals surface area contributed by atoms with E-state index in [1.165, 1.54) is 4.68 Å². The predicted molar refractivity (Wildman–Crippen MR) is 103 cm³/mol. The maximum atomic E-state index is 12.5. The van der Waals surface area contributed by atoms with Gasteiger partial charge in [-0.25, -0.2) is 4.68 Å². The zero-order chi connectivity index (χ0) is 19.8. The molecule has 0 aliphatic carbocycles. The van der Waals surface area contributed by atoms with Gasteiger partial charge in [0.25, 0.3) is 11.5 Å². The van der Waals surface area contributed by atoms with Crippen molar-refractivity contribution in [3.05, 3.63) is 46.0 Å². The second-order valence-corrected chi connectivity index (χ2v) is 8.24. The maximum absolute atomic E-state index is 12.5. The van der Waals surface area contributed by atoms with Crippen LogP contribution in [0.4, 0.5) is 5.82 Å². The fourth-order valence-electron chi connectivity index (χ4n) is 2.92. The van der Waals surface area contributed by atoms with Gasteiger partial charge in [-0.1, -0.05) is 20.8 Å². The molecule has 0 N–H and O–H groups in total. The zero-order valence-electron chi connectivity index (χ0n) is 16.5. The molecular formula is C19H26N6O2. The molecule has 3 rings (SSSR count). The zero-order valence-corrected chi connectivity index (χ0v) is 16.5. The summed E-state index contributed by atoms with van der Waals surface area (Å²) in [5.41, 5.74) is 0.988. The Morgan fingerprint density at radius 1 is 1.15 bits per heavy atom. The fraction of sp³-hybridized carbons (Fsp3) is 0.526. The molecule has 2 aromatic rings. The smallest absolute Gasteiger partial charge is 0.274 e. The monoisotopic (exact) mass is 370 g/mol. The first-order valence-electron chi connectivity index (χ1n) is 9.04. The van der Waals surface area contributed by atoms with E-state index in [1.54, 1.807) is 29.2 Å². The summed E-state index contributed by atoms with van der Waals surface area (Å²) in [6.45, 7) is 7.88. The van der Waals surface area contributed by atoms with E-state index in [2.05, 4.69) is 36.1 Å². The van der Waals surface area contributed by atoms with Crippen LogP contribution in [0.25, 0.3) is 0 Å². The van der Waals surface area contributed by atoms with Crippen molar-refractivity contribution in [2.45, 2.75) is 32.7 Å². The highest BCUT2D eigenvalue weighted by molar-refractivity contribution is 5.92. The number of rotatable bonds is 4. The highest BCUT2D eigenvalue weighted by atomic mass is 16.2. The molecule has 0 spiro atoms. The summed E-state index contributed by atoms with van der Waals surface area (Å²) in [5, 5.41) is 12.6. The van der Waals surface area contributed by atoms with Gasteiger partial charge < -0.3 is 9.80 Å². The first kappa shape index (κ1) is 19.0. The van der Waals surface area contributed by atoms with E-state index in [4.69, 9.17) is 0 Å². The number of hydrogen-bond acceptors (Lipinski definition) is 6. The van der Waals surface area contributed by atoms with Crippen LogP contribution in [0.3, 0.4) is 0 Å². The maximum Gasteiger partial charge on any atom is 0.274 e. The predicted octanol–water partition coefficient (Wildman–Crippen LogP) is 1.17. The molecule has 2 aromatic heterocycles. The lowest BCUT2D eigenvalue weighted by Crippen LogP contribution is -2.52. The summed E-state index contributed by atoms with van der Waals surface area (Å²) in [5.74, 6) is 0.786. The summed E-state index contributed by atoms with van der Waals surface area (Å²) in [6, 6.07) is 6.82. The van der Waals surface area contributed by atoms with Crippen molar-refractivity contribution in [2.24, 2.45) is 5.92 Å². The third kappa shape index (κ3) is 4.15. The molecular weight excluding hydrogens is 344 g/mol. The summed E-state index contributed by atoms with van der Waals surface area (Å²) < 4.78 is 1.51. The van der Waals surface area contributed by atoms with Crippen LogP contribution >= 0.6 is 0 Å². The molecule has 0 radical (unpaired) electrons. The van der Waals surface area contributed by atoms with Gasteiger partial charge in [-0.05, 0) is 18.2 Å². The van der Waals surface area contributed by atoms with Gasteiger partial charge >= 0.3 is 0 Å². The van der Waals surface area contributed by atoms with E-state index < -0.39 is 0 Å². The van der Waals surface area contributed by atoms with Gasteiger partial charge in [0.2, 0.25) is 0 Å². The van der Waals surface area contributed by atoms with Gasteiger partial charge in [-0.3, -0.25) is 9.59 Å². The molecule has 3 heterocycles. The SMILES string of the molecule is CN(C)c1ccc(C(=O)N2CC(Cn3nc(C(C)(C)C)ccc3=O)C2)nn1. The van der Waals surface area contributed by atoms with Gasteiger partial charge in [-0.15, -0.1) is 10.2 Å². The molecule has 144 valence electrons. The summed E-state index contributed by atoms with van der Waals surface area (Å²) >= 11 is 0. The highest BCUT2D eigenvalue weighted by Crippen LogP contribution is 2.21. The van der Waals surface area contributed by atoms with Crippen LogP contribution in [0.5, 0.6) is 0 Å². The second-order valence-electron chi connectivity index (χ2n) is 8.24. The Kier molecular flexibility index (Phi) is 4.99. The minimum absolute atomic E-state index is 0.113. The van der Waals surface area contributed by atoms with Gasteiger partial charge in [0.1, 0.15) is 0 Å². The third-order valence-corrected chi connectivity index (χ3v) is 4.64. The minimum atomic E-state index is -0.132. The first-order valence-corrected chi connectivity index (χ1v) is 9.04. The third-order valence-electron chi connectivity index (χ3n) is 4.64. The van der Waals surface area contributed by atoms with Crippen molar-refractivity contribution < 1.29 is 4.79 Å². The molecule has 1 saturated heterocycles. The van der Waals surface area contributed by atoms with Gasteiger partial charge in [0.05, 0.1) is 12.2 Å². The van der Waals surface area contributed by atoms with Crippen molar-refractivity contribution >= 4 is 11.7 Å². The lowest BCUT2D eigenvalue weighted by atomic mass is 9.92. The van der Waals surface area contributed by atoms with Gasteiger partial charge in [0, 0.05) is 44.6 Å². The van der Waals surface area contributed by atoms with Crippen molar-refractivity contribution in [3.63, 3.8) is 0 Å². The summed E-state index contributed by atoms with van der Waals surface area (Å²) in [6.07, 6.45) is 0. The quantitative estimate of drug-likeness (QED) is 0.803. The average Bonchev–Trinajstić information content (AvgIpc) is 2.57. The Bertz CT molecular complexity index is 876. The number of nitrogens with zero attached hydrogens (tertiary/aromatic N) is 6. The number of carbonyl (C=O) groups is 1. The molecule has 0 saturated carbocycles. The Morgan fingerprint density at radius 3 is 2.41 bits per heavy atom. The largest absolute Gasteiger partial charge is 0.361 e. The van der Waals surface area contributed by atoms with E-state index in [-0.39, 0.29) is 22.8 Å². The molecule has 1 amide bonds. The van der Waals surface area contributed by atoms with Crippen LogP contribution in [-0.4, -0.2) is 58.0 Å². The van der Waals surface area contributed by atoms with E-state index in [1.807, 2.05) is 19.0 Å². The Labute approximate surface area is 158 Å². The number of aromatic nitrogens is 4. The molecule has 0 aromatic carbocycles. The van der Waals surface area contributed by atoms with E-state index in [0.717, 1.165) is 5.69 Å². The number of hydrogen-bond donors (Lipinski definition) is 0. The average molecular weight is 370 g/mol. The van der Waals surface area contributed by atoms with Crippen molar-refractivity contribution in [1.82, 2.24) is 24.9 Å². The summed E-state index contributed by atoms with van der Waals surface area (Å²) in [7, 11) is 3.74. The molecule has 8 nitrogen and oxygen atoms in total. The highest BCUT2D eigenvalue weighted by Gasteiger charge is 2.32. The second kappa shape index (κ2) is 7.09. The summed E-state index contributed by atoms with van der Waals surface area (Å²) in [4.78, 5) is 28.1. The van der Waals surface area contributed by atoms with Crippen LogP contribution in [0.1, 0.15) is 37.0 Å². The number of amides is 1. The topological polar surface area (TPSA) is 84.2 Å². The molecule has 0 atom stereocenters. The van der Waals surface area contributed by atoms with E-state index in [9.17, 15) is 9.59 Å². The fourth-order valence-corrected chi connectivity index (χ4v) is 2.92. The van der Waals surface area contributed by atoms with E-state index in [0.29, 0.717) is 31.1 Å². The Hall–Kier alpha value is -2.77. The molecule has 27 heavy (non-hydrogen) atoms. The van der Waals surface area contributed by atoms with Gasteiger partial charge in [-0.2, -0.15) is 5.10 Å². The number of carbonyl (C=O) groups excluding carboxylic acids is 1. The Morgan fingerprint density at radius 2 is 1.85 bits per heavy atom. The molecule has 0 bridgehead atoms. The number of anilines is 1. The lowest BCUT2D eigenvalue weighted by molar-refractivity contribution is 0.0450. The lowest BCUT2D eigenvalue weighted by Gasteiger charge is -2.39. The van der Waals surface area contributed by atoms with Crippen LogP contribution in [0.15, 0.2) is 29.1 Å². The number of likely N-dealkylation sites (tertiary alicyclic amines) is 1. The molecule has 1 aliphatic rings. The van der Waals surface area contributed by atoms with Crippen LogP contribution in [-0.2, 0) is 12.0 Å². The van der Waals surface area contributed by atoms with Crippen LogP contribution < -0.4 is 10.5 Å².